The smallest absolute Gasteiger partial charge is 0.161 e. The fourth-order valence-electron chi connectivity index (χ4n) is 3.72. The molecule has 0 aliphatic heterocycles. The lowest BCUT2D eigenvalue weighted by Crippen LogP contribution is -2.32. The Morgan fingerprint density at radius 2 is 1.85 bits per heavy atom. The number of fused-ring (bicyclic) bond motifs is 1. The number of nitrogens with zero attached hydrogens (tertiary/aromatic N) is 1. The summed E-state index contributed by atoms with van der Waals surface area (Å²) in [7, 11) is 1.55. The van der Waals surface area contributed by atoms with Gasteiger partial charge in [0.2, 0.25) is 0 Å². The highest BCUT2D eigenvalue weighted by Crippen LogP contribution is 2.34. The fraction of sp³-hybridized carbons (Fsp3) is 0.318. The van der Waals surface area contributed by atoms with Crippen molar-refractivity contribution in [2.75, 3.05) is 12.4 Å². The Labute approximate surface area is 159 Å². The molecule has 0 bridgehead atoms. The van der Waals surface area contributed by atoms with E-state index in [1.165, 1.54) is 0 Å². The highest BCUT2D eigenvalue weighted by atomic mass is 16.5. The highest BCUT2D eigenvalue weighted by molar-refractivity contribution is 5.94. The normalized spacial score (nSPS) is 19.8. The number of pyridine rings is 1. The molecule has 27 heavy (non-hydrogen) atoms. The molecule has 1 aromatic heterocycles. The molecule has 1 aliphatic carbocycles. The molecule has 5 heteroatoms. The first kappa shape index (κ1) is 17.6. The van der Waals surface area contributed by atoms with Gasteiger partial charge in [0.25, 0.3) is 0 Å². The second-order valence-corrected chi connectivity index (χ2v) is 7.15. The topological polar surface area (TPSA) is 80.4 Å². The molecule has 5 nitrogen and oxygen atoms in total. The number of phenols is 1. The van der Waals surface area contributed by atoms with Crippen molar-refractivity contribution < 1.29 is 9.84 Å². The third-order valence-electron chi connectivity index (χ3n) is 5.31. The van der Waals surface area contributed by atoms with E-state index < -0.39 is 0 Å². The van der Waals surface area contributed by atoms with Crippen molar-refractivity contribution >= 4 is 16.6 Å². The Balaban J connectivity index is 1.69. The van der Waals surface area contributed by atoms with E-state index in [0.717, 1.165) is 53.4 Å². The molecule has 0 amide bonds. The van der Waals surface area contributed by atoms with Gasteiger partial charge in [0, 0.05) is 29.7 Å². The third-order valence-corrected chi connectivity index (χ3v) is 5.31. The predicted octanol–water partition coefficient (Wildman–Crippen LogP) is 4.10. The standard InChI is InChI=1S/C22H24N3O2/c1-27-22-13-15(3-9-21(22)26)14-2-8-19-18(12-14)20(10-11-24-19)25-17-6-4-16(23)5-7-17/h2-3,8-9,11-13,16-17,26H,4-7,23H2,1H3,(H,24,25)/t16-,17-. The number of nitrogens with one attached hydrogen (secondary N) is 1. The number of aromatic hydroxyl groups is 1. The average Bonchev–Trinajstić information content (AvgIpc) is 2.70. The fourth-order valence-corrected chi connectivity index (χ4v) is 3.72. The number of hydrogen-bond acceptors (Lipinski definition) is 5. The molecule has 2 aromatic carbocycles. The van der Waals surface area contributed by atoms with E-state index in [4.69, 9.17) is 10.5 Å². The molecule has 4 rings (SSSR count). The van der Waals surface area contributed by atoms with E-state index in [9.17, 15) is 5.11 Å². The van der Waals surface area contributed by atoms with Crippen molar-refractivity contribution in [2.24, 2.45) is 5.73 Å². The van der Waals surface area contributed by atoms with Crippen LogP contribution >= 0.6 is 0 Å². The molecule has 1 saturated carbocycles. The van der Waals surface area contributed by atoms with Crippen molar-refractivity contribution in [3.63, 3.8) is 0 Å². The van der Waals surface area contributed by atoms with Gasteiger partial charge in [-0.15, -0.1) is 0 Å². The van der Waals surface area contributed by atoms with E-state index in [0.29, 0.717) is 17.8 Å². The lowest BCUT2D eigenvalue weighted by atomic mass is 9.91. The Morgan fingerprint density at radius 3 is 2.63 bits per heavy atom. The lowest BCUT2D eigenvalue weighted by molar-refractivity contribution is 0.373. The number of rotatable bonds is 4. The van der Waals surface area contributed by atoms with Gasteiger partial charge in [-0.05, 0) is 61.1 Å². The van der Waals surface area contributed by atoms with Crippen LogP contribution in [0, 0.1) is 6.07 Å². The maximum Gasteiger partial charge on any atom is 0.161 e. The SMILES string of the molecule is COc1cc(-c2ccc3nc[c]c(N[C@H]4CC[C@H](N)CC4)c3c2)ccc1O. The summed E-state index contributed by atoms with van der Waals surface area (Å²) in [5, 5.41) is 14.5. The second-order valence-electron chi connectivity index (χ2n) is 7.15. The van der Waals surface area contributed by atoms with Crippen LogP contribution in [0.25, 0.3) is 22.0 Å². The van der Waals surface area contributed by atoms with Crippen LogP contribution in [0.5, 0.6) is 11.5 Å². The Bertz CT molecular complexity index is 949. The van der Waals surface area contributed by atoms with Gasteiger partial charge < -0.3 is 20.9 Å². The van der Waals surface area contributed by atoms with Crippen LogP contribution in [0.4, 0.5) is 5.69 Å². The first-order valence-electron chi connectivity index (χ1n) is 9.34. The van der Waals surface area contributed by atoms with Crippen molar-refractivity contribution in [3.05, 3.63) is 48.7 Å². The number of anilines is 1. The minimum absolute atomic E-state index is 0.134. The zero-order valence-electron chi connectivity index (χ0n) is 15.4. The maximum atomic E-state index is 9.84. The number of aromatic nitrogens is 1. The van der Waals surface area contributed by atoms with Crippen molar-refractivity contribution in [3.8, 4) is 22.6 Å². The molecule has 0 atom stereocenters. The number of phenolic OH excluding ortho intramolecular Hbond substituents is 1. The average molecular weight is 362 g/mol. The van der Waals surface area contributed by atoms with Crippen LogP contribution in [-0.2, 0) is 0 Å². The summed E-state index contributed by atoms with van der Waals surface area (Å²) >= 11 is 0. The summed E-state index contributed by atoms with van der Waals surface area (Å²) in [5.41, 5.74) is 9.95. The molecule has 3 aromatic rings. The minimum atomic E-state index is 0.134. The van der Waals surface area contributed by atoms with Gasteiger partial charge in [0.05, 0.1) is 18.3 Å². The molecular weight excluding hydrogens is 338 g/mol. The summed E-state index contributed by atoms with van der Waals surface area (Å²) in [6.07, 6.45) is 5.99. The van der Waals surface area contributed by atoms with Crippen LogP contribution in [0.2, 0.25) is 0 Å². The Kier molecular flexibility index (Phi) is 4.86. The second kappa shape index (κ2) is 7.45. The molecule has 1 aliphatic rings. The molecule has 0 saturated heterocycles. The molecule has 0 spiro atoms. The maximum absolute atomic E-state index is 9.84. The molecule has 1 fully saturated rings. The van der Waals surface area contributed by atoms with E-state index in [1.54, 1.807) is 19.4 Å². The van der Waals surface area contributed by atoms with Gasteiger partial charge in [0.15, 0.2) is 11.5 Å². The van der Waals surface area contributed by atoms with Crippen LogP contribution in [0.1, 0.15) is 25.7 Å². The van der Waals surface area contributed by atoms with E-state index in [1.807, 2.05) is 24.3 Å². The van der Waals surface area contributed by atoms with Crippen molar-refractivity contribution in [2.45, 2.75) is 37.8 Å². The first-order chi connectivity index (χ1) is 13.1. The van der Waals surface area contributed by atoms with Crippen LogP contribution in [0.15, 0.2) is 42.6 Å². The first-order valence-corrected chi connectivity index (χ1v) is 9.34. The lowest BCUT2D eigenvalue weighted by Gasteiger charge is -2.28. The number of benzene rings is 2. The molecular formula is C22H24N3O2. The van der Waals surface area contributed by atoms with Crippen molar-refractivity contribution in [1.82, 2.24) is 4.98 Å². The number of methoxy groups -OCH3 is 1. The van der Waals surface area contributed by atoms with E-state index in [2.05, 4.69) is 22.4 Å². The summed E-state index contributed by atoms with van der Waals surface area (Å²) in [6.45, 7) is 0. The quantitative estimate of drug-likeness (QED) is 0.651. The predicted molar refractivity (Wildman–Crippen MR) is 108 cm³/mol. The number of ether oxygens (including phenoxy) is 1. The van der Waals surface area contributed by atoms with Gasteiger partial charge in [-0.25, -0.2) is 0 Å². The zero-order chi connectivity index (χ0) is 18.8. The summed E-state index contributed by atoms with van der Waals surface area (Å²) < 4.78 is 5.24. The summed E-state index contributed by atoms with van der Waals surface area (Å²) in [4.78, 5) is 4.45. The largest absolute Gasteiger partial charge is 0.504 e. The Morgan fingerprint density at radius 1 is 1.11 bits per heavy atom. The molecule has 1 radical (unpaired) electrons. The van der Waals surface area contributed by atoms with E-state index >= 15 is 0 Å². The third kappa shape index (κ3) is 3.69. The van der Waals surface area contributed by atoms with Crippen LogP contribution < -0.4 is 15.8 Å². The molecule has 4 N–H and O–H groups in total. The van der Waals surface area contributed by atoms with Crippen LogP contribution in [0.3, 0.4) is 0 Å². The highest BCUT2D eigenvalue weighted by Gasteiger charge is 2.19. The van der Waals surface area contributed by atoms with Gasteiger partial charge in [-0.3, -0.25) is 4.98 Å². The summed E-state index contributed by atoms with van der Waals surface area (Å²) in [6, 6.07) is 15.5. The number of hydrogen-bond donors (Lipinski definition) is 3. The van der Waals surface area contributed by atoms with Gasteiger partial charge in [-0.1, -0.05) is 12.1 Å². The zero-order valence-corrected chi connectivity index (χ0v) is 15.4. The molecule has 139 valence electrons. The minimum Gasteiger partial charge on any atom is -0.504 e. The van der Waals surface area contributed by atoms with Crippen molar-refractivity contribution in [1.29, 1.82) is 0 Å². The number of nitrogens with two attached hydrogens (primary N) is 1. The summed E-state index contributed by atoms with van der Waals surface area (Å²) in [5.74, 6) is 0.595. The molecule has 0 unspecified atom stereocenters. The molecule has 1 heterocycles. The van der Waals surface area contributed by atoms with Gasteiger partial charge in [-0.2, -0.15) is 0 Å². The monoisotopic (exact) mass is 362 g/mol. The Hall–Kier alpha value is -2.79. The van der Waals surface area contributed by atoms with E-state index in [-0.39, 0.29) is 5.75 Å². The van der Waals surface area contributed by atoms with Gasteiger partial charge in [0.1, 0.15) is 0 Å². The van der Waals surface area contributed by atoms with Crippen LogP contribution in [-0.4, -0.2) is 29.3 Å². The van der Waals surface area contributed by atoms with Gasteiger partial charge >= 0.3 is 0 Å².